The molecule has 0 aliphatic heterocycles. The third-order valence-corrected chi connectivity index (χ3v) is 4.09. The number of nitrogens with zero attached hydrogens (tertiary/aromatic N) is 3. The number of carbonyl (C=O) groups excluding carboxylic acids is 1. The number of hydrogen-bond donors (Lipinski definition) is 1. The minimum atomic E-state index is -1.06. The Morgan fingerprint density at radius 3 is 2.61 bits per heavy atom. The van der Waals surface area contributed by atoms with Gasteiger partial charge in [-0.3, -0.25) is 4.79 Å². The van der Waals surface area contributed by atoms with Gasteiger partial charge in [0.15, 0.2) is 0 Å². The number of para-hydroxylation sites is 1. The van der Waals surface area contributed by atoms with Crippen molar-refractivity contribution in [3.05, 3.63) is 46.7 Å². The zero-order valence-electron chi connectivity index (χ0n) is 13.2. The molecule has 6 nitrogen and oxygen atoms in total. The van der Waals surface area contributed by atoms with Crippen LogP contribution in [0.2, 0.25) is 5.02 Å². The largest absolute Gasteiger partial charge is 0.480 e. The quantitative estimate of drug-likeness (QED) is 0.911. The molecule has 1 atom stereocenters. The maximum absolute atomic E-state index is 12.6. The number of aliphatic carboxylic acids is 1. The third-order valence-electron chi connectivity index (χ3n) is 3.77. The van der Waals surface area contributed by atoms with Gasteiger partial charge < -0.3 is 10.0 Å². The molecular formula is C16H18ClN3O3. The molecule has 1 heterocycles. The lowest BCUT2D eigenvalue weighted by molar-refractivity contribution is -0.141. The first-order valence-electron chi connectivity index (χ1n) is 7.20. The fourth-order valence-electron chi connectivity index (χ4n) is 2.26. The number of aromatic nitrogens is 2. The van der Waals surface area contributed by atoms with E-state index in [1.54, 1.807) is 10.7 Å². The predicted molar refractivity (Wildman–Crippen MR) is 87.1 cm³/mol. The van der Waals surface area contributed by atoms with Crippen molar-refractivity contribution in [2.45, 2.75) is 26.3 Å². The van der Waals surface area contributed by atoms with Gasteiger partial charge in [0.2, 0.25) is 0 Å². The number of carboxylic acid groups (broad SMARTS) is 1. The SMILES string of the molecule is CCc1c(C(=O)N(C)C(C)C(=O)O)cnn1-c1ccccc1Cl. The third kappa shape index (κ3) is 3.22. The minimum Gasteiger partial charge on any atom is -0.480 e. The molecular weight excluding hydrogens is 318 g/mol. The van der Waals surface area contributed by atoms with E-state index in [0.29, 0.717) is 28.4 Å². The van der Waals surface area contributed by atoms with Gasteiger partial charge in [0, 0.05) is 7.05 Å². The molecule has 0 aliphatic rings. The Balaban J connectivity index is 2.45. The van der Waals surface area contributed by atoms with E-state index in [1.807, 2.05) is 25.1 Å². The van der Waals surface area contributed by atoms with Crippen molar-refractivity contribution < 1.29 is 14.7 Å². The van der Waals surface area contributed by atoms with Crippen LogP contribution in [0.4, 0.5) is 0 Å². The second kappa shape index (κ2) is 6.83. The molecule has 1 aromatic carbocycles. The lowest BCUT2D eigenvalue weighted by atomic mass is 10.1. The monoisotopic (exact) mass is 335 g/mol. The molecule has 1 aromatic heterocycles. The minimum absolute atomic E-state index is 0.378. The van der Waals surface area contributed by atoms with Crippen LogP contribution in [0, 0.1) is 0 Å². The molecule has 0 fully saturated rings. The molecule has 2 rings (SSSR count). The average Bonchev–Trinajstić information content (AvgIpc) is 2.96. The topological polar surface area (TPSA) is 75.4 Å². The molecule has 0 spiro atoms. The highest BCUT2D eigenvalue weighted by Crippen LogP contribution is 2.23. The van der Waals surface area contributed by atoms with Crippen molar-refractivity contribution in [1.29, 1.82) is 0 Å². The second-order valence-electron chi connectivity index (χ2n) is 5.15. The van der Waals surface area contributed by atoms with Gasteiger partial charge in [0.1, 0.15) is 6.04 Å². The molecule has 0 aliphatic carbocycles. The van der Waals surface area contributed by atoms with E-state index in [2.05, 4.69) is 5.10 Å². The highest BCUT2D eigenvalue weighted by molar-refractivity contribution is 6.32. The standard InChI is InChI=1S/C16H18ClN3O3/c1-4-13-11(15(21)19(3)10(2)16(22)23)9-18-20(13)14-8-6-5-7-12(14)17/h5-10H,4H2,1-3H3,(H,22,23). The van der Waals surface area contributed by atoms with Crippen molar-refractivity contribution in [2.75, 3.05) is 7.05 Å². The highest BCUT2D eigenvalue weighted by atomic mass is 35.5. The Morgan fingerprint density at radius 2 is 2.04 bits per heavy atom. The van der Waals surface area contributed by atoms with E-state index in [-0.39, 0.29) is 5.91 Å². The molecule has 23 heavy (non-hydrogen) atoms. The fraction of sp³-hybridized carbons (Fsp3) is 0.312. The van der Waals surface area contributed by atoms with Crippen LogP contribution in [0.3, 0.4) is 0 Å². The molecule has 0 saturated carbocycles. The molecule has 0 saturated heterocycles. The zero-order valence-corrected chi connectivity index (χ0v) is 13.9. The summed E-state index contributed by atoms with van der Waals surface area (Å²) in [4.78, 5) is 24.8. The molecule has 1 N–H and O–H groups in total. The lowest BCUT2D eigenvalue weighted by Gasteiger charge is -2.21. The average molecular weight is 336 g/mol. The van der Waals surface area contributed by atoms with Crippen LogP contribution in [0.5, 0.6) is 0 Å². The lowest BCUT2D eigenvalue weighted by Crippen LogP contribution is -2.40. The van der Waals surface area contributed by atoms with E-state index in [1.165, 1.54) is 25.1 Å². The van der Waals surface area contributed by atoms with Gasteiger partial charge in [-0.1, -0.05) is 30.7 Å². The van der Waals surface area contributed by atoms with E-state index in [0.717, 1.165) is 0 Å². The number of hydrogen-bond acceptors (Lipinski definition) is 3. The summed E-state index contributed by atoms with van der Waals surface area (Å²) in [5.41, 5.74) is 1.74. The maximum Gasteiger partial charge on any atom is 0.326 e. The van der Waals surface area contributed by atoms with Crippen molar-refractivity contribution >= 4 is 23.5 Å². The number of halogens is 1. The predicted octanol–water partition coefficient (Wildman–Crippen LogP) is 2.63. The number of likely N-dealkylation sites (N-methyl/N-ethyl adjacent to an activating group) is 1. The van der Waals surface area contributed by atoms with Crippen LogP contribution in [0.15, 0.2) is 30.5 Å². The van der Waals surface area contributed by atoms with Crippen LogP contribution in [0.25, 0.3) is 5.69 Å². The first-order valence-corrected chi connectivity index (χ1v) is 7.58. The van der Waals surface area contributed by atoms with Crippen molar-refractivity contribution in [2.24, 2.45) is 0 Å². The summed E-state index contributed by atoms with van der Waals surface area (Å²) < 4.78 is 1.62. The number of rotatable bonds is 5. The summed E-state index contributed by atoms with van der Waals surface area (Å²) in [5, 5.41) is 13.8. The van der Waals surface area contributed by atoms with Gasteiger partial charge in [-0.2, -0.15) is 5.10 Å². The van der Waals surface area contributed by atoms with Crippen LogP contribution < -0.4 is 0 Å². The smallest absolute Gasteiger partial charge is 0.326 e. The summed E-state index contributed by atoms with van der Waals surface area (Å²) in [7, 11) is 1.47. The Hall–Kier alpha value is -2.34. The van der Waals surface area contributed by atoms with Gasteiger partial charge >= 0.3 is 5.97 Å². The van der Waals surface area contributed by atoms with Crippen LogP contribution in [-0.4, -0.2) is 44.8 Å². The zero-order chi connectivity index (χ0) is 17.1. The summed E-state index contributed by atoms with van der Waals surface area (Å²) in [5.74, 6) is -1.44. The summed E-state index contributed by atoms with van der Waals surface area (Å²) in [6, 6.07) is 6.29. The molecule has 0 radical (unpaired) electrons. The molecule has 2 aromatic rings. The number of carbonyl (C=O) groups is 2. The van der Waals surface area contributed by atoms with Crippen molar-refractivity contribution in [3.63, 3.8) is 0 Å². The number of amides is 1. The molecule has 1 amide bonds. The highest BCUT2D eigenvalue weighted by Gasteiger charge is 2.26. The maximum atomic E-state index is 12.6. The van der Waals surface area contributed by atoms with Crippen molar-refractivity contribution in [3.8, 4) is 5.69 Å². The second-order valence-corrected chi connectivity index (χ2v) is 5.56. The first-order chi connectivity index (χ1) is 10.9. The summed E-state index contributed by atoms with van der Waals surface area (Å²) in [6.45, 7) is 3.37. The Labute approximate surface area is 139 Å². The van der Waals surface area contributed by atoms with Gasteiger partial charge in [-0.25, -0.2) is 9.48 Å². The van der Waals surface area contributed by atoms with Crippen LogP contribution in [0.1, 0.15) is 29.9 Å². The van der Waals surface area contributed by atoms with E-state index in [9.17, 15) is 9.59 Å². The number of carboxylic acids is 1. The molecule has 0 bridgehead atoms. The molecule has 122 valence electrons. The Kier molecular flexibility index (Phi) is 5.05. The fourth-order valence-corrected chi connectivity index (χ4v) is 2.47. The van der Waals surface area contributed by atoms with Gasteiger partial charge in [-0.05, 0) is 25.5 Å². The van der Waals surface area contributed by atoms with Gasteiger partial charge in [0.25, 0.3) is 5.91 Å². The van der Waals surface area contributed by atoms with E-state index in [4.69, 9.17) is 16.7 Å². The van der Waals surface area contributed by atoms with E-state index < -0.39 is 12.0 Å². The van der Waals surface area contributed by atoms with Gasteiger partial charge in [-0.15, -0.1) is 0 Å². The Bertz CT molecular complexity index is 742. The summed E-state index contributed by atoms with van der Waals surface area (Å²) in [6.07, 6.45) is 2.01. The first kappa shape index (κ1) is 17.0. The van der Waals surface area contributed by atoms with Crippen molar-refractivity contribution in [1.82, 2.24) is 14.7 Å². The Morgan fingerprint density at radius 1 is 1.39 bits per heavy atom. The molecule has 1 unspecified atom stereocenters. The number of benzene rings is 1. The van der Waals surface area contributed by atoms with E-state index >= 15 is 0 Å². The summed E-state index contributed by atoms with van der Waals surface area (Å²) >= 11 is 6.20. The normalized spacial score (nSPS) is 12.0. The van der Waals surface area contributed by atoms with Gasteiger partial charge in [0.05, 0.1) is 28.2 Å². The van der Waals surface area contributed by atoms with Crippen LogP contribution >= 0.6 is 11.6 Å². The van der Waals surface area contributed by atoms with Crippen LogP contribution in [-0.2, 0) is 11.2 Å². The molecule has 7 heteroatoms.